The predicted molar refractivity (Wildman–Crippen MR) is 49.1 cm³/mol. The number of methoxy groups -OCH3 is 1. The first-order valence-corrected chi connectivity index (χ1v) is 4.61. The zero-order valence-corrected chi connectivity index (χ0v) is 7.97. The Hall–Kier alpha value is -0.340. The van der Waals surface area contributed by atoms with Gasteiger partial charge in [-0.3, -0.25) is 4.90 Å². The number of hydrogen-bond acceptors (Lipinski definition) is 2. The molecule has 0 spiro atoms. The number of fused-ring (bicyclic) bond motifs is 1. The summed E-state index contributed by atoms with van der Waals surface area (Å²) in [4.78, 5) is 2.50. The average Bonchev–Trinajstić information content (AvgIpc) is 2.41. The molecular formula is C10H17NO. The van der Waals surface area contributed by atoms with Crippen LogP contribution in [-0.4, -0.2) is 36.7 Å². The molecule has 0 bridgehead atoms. The lowest BCUT2D eigenvalue weighted by molar-refractivity contribution is 0.0270. The molecule has 2 rings (SSSR count). The van der Waals surface area contributed by atoms with Crippen molar-refractivity contribution in [2.45, 2.75) is 31.4 Å². The Labute approximate surface area is 74.2 Å². The van der Waals surface area contributed by atoms with Gasteiger partial charge in [-0.25, -0.2) is 0 Å². The fraction of sp³-hybridized carbons (Fsp3) is 0.800. The van der Waals surface area contributed by atoms with Crippen molar-refractivity contribution in [1.29, 1.82) is 0 Å². The van der Waals surface area contributed by atoms with Crippen LogP contribution in [0.15, 0.2) is 12.2 Å². The molecule has 2 atom stereocenters. The number of hydrogen-bond donors (Lipinski definition) is 0. The summed E-state index contributed by atoms with van der Waals surface area (Å²) < 4.78 is 5.49. The molecule has 2 heterocycles. The third-order valence-electron chi connectivity index (χ3n) is 3.38. The van der Waals surface area contributed by atoms with Gasteiger partial charge in [0, 0.05) is 25.7 Å². The first-order chi connectivity index (χ1) is 5.66. The molecule has 0 N–H and O–H groups in total. The van der Waals surface area contributed by atoms with E-state index in [4.69, 9.17) is 4.74 Å². The highest BCUT2D eigenvalue weighted by Crippen LogP contribution is 2.41. The molecular weight excluding hydrogens is 150 g/mol. The van der Waals surface area contributed by atoms with Gasteiger partial charge >= 0.3 is 0 Å². The van der Waals surface area contributed by atoms with Crippen LogP contribution in [0.1, 0.15) is 19.8 Å². The molecule has 0 aliphatic carbocycles. The summed E-state index contributed by atoms with van der Waals surface area (Å²) in [6, 6.07) is 0. The largest absolute Gasteiger partial charge is 0.379 e. The van der Waals surface area contributed by atoms with Gasteiger partial charge in [-0.2, -0.15) is 0 Å². The van der Waals surface area contributed by atoms with Crippen molar-refractivity contribution in [1.82, 2.24) is 4.90 Å². The number of nitrogens with zero attached hydrogens (tertiary/aromatic N) is 1. The van der Waals surface area contributed by atoms with E-state index in [0.717, 1.165) is 13.0 Å². The molecule has 68 valence electrons. The van der Waals surface area contributed by atoms with Gasteiger partial charge in [-0.15, -0.1) is 0 Å². The van der Waals surface area contributed by atoms with Crippen molar-refractivity contribution >= 4 is 0 Å². The van der Waals surface area contributed by atoms with E-state index in [1.54, 1.807) is 0 Å². The normalized spacial score (nSPS) is 42.2. The molecule has 2 saturated heterocycles. The quantitative estimate of drug-likeness (QED) is 0.548. The SMILES string of the molecule is C=C1CN2CC[C@@H](OC)[C@]2(C)C1. The maximum absolute atomic E-state index is 5.49. The highest BCUT2D eigenvalue weighted by molar-refractivity contribution is 5.18. The molecule has 2 heteroatoms. The second-order valence-corrected chi connectivity index (χ2v) is 4.22. The number of ether oxygens (including phenoxy) is 1. The number of rotatable bonds is 1. The maximum Gasteiger partial charge on any atom is 0.0767 e. The van der Waals surface area contributed by atoms with Crippen molar-refractivity contribution in [2.75, 3.05) is 20.2 Å². The summed E-state index contributed by atoms with van der Waals surface area (Å²) in [5.74, 6) is 0. The first-order valence-electron chi connectivity index (χ1n) is 4.61. The summed E-state index contributed by atoms with van der Waals surface area (Å²) in [6.07, 6.45) is 2.71. The van der Waals surface area contributed by atoms with Gasteiger partial charge in [0.15, 0.2) is 0 Å². The minimum Gasteiger partial charge on any atom is -0.379 e. The van der Waals surface area contributed by atoms with E-state index in [2.05, 4.69) is 18.4 Å². The van der Waals surface area contributed by atoms with Gasteiger partial charge in [-0.05, 0) is 19.8 Å². The van der Waals surface area contributed by atoms with E-state index < -0.39 is 0 Å². The van der Waals surface area contributed by atoms with Crippen LogP contribution in [0.4, 0.5) is 0 Å². The monoisotopic (exact) mass is 167 g/mol. The lowest BCUT2D eigenvalue weighted by atomic mass is 9.92. The van der Waals surface area contributed by atoms with Crippen molar-refractivity contribution in [3.63, 3.8) is 0 Å². The summed E-state index contributed by atoms with van der Waals surface area (Å²) in [5, 5.41) is 0. The van der Waals surface area contributed by atoms with Gasteiger partial charge < -0.3 is 4.74 Å². The van der Waals surface area contributed by atoms with Crippen molar-refractivity contribution in [2.24, 2.45) is 0 Å². The summed E-state index contributed by atoms with van der Waals surface area (Å²) in [5.41, 5.74) is 1.62. The molecule has 2 fully saturated rings. The Kier molecular flexibility index (Phi) is 1.77. The van der Waals surface area contributed by atoms with Crippen molar-refractivity contribution in [3.05, 3.63) is 12.2 Å². The fourth-order valence-corrected chi connectivity index (χ4v) is 2.73. The standard InChI is InChI=1S/C10H17NO/c1-8-6-10(2)9(12-3)4-5-11(10)7-8/h9H,1,4-7H2,2-3H3/t9-,10+/m1/s1. The van der Waals surface area contributed by atoms with Crippen LogP contribution in [0.3, 0.4) is 0 Å². The van der Waals surface area contributed by atoms with Crippen LogP contribution >= 0.6 is 0 Å². The first kappa shape index (κ1) is 8.27. The second kappa shape index (κ2) is 2.57. The van der Waals surface area contributed by atoms with Gasteiger partial charge in [-0.1, -0.05) is 12.2 Å². The Morgan fingerprint density at radius 1 is 1.67 bits per heavy atom. The molecule has 12 heavy (non-hydrogen) atoms. The molecule has 0 aromatic heterocycles. The summed E-state index contributed by atoms with van der Waals surface area (Å²) in [6.45, 7) is 8.61. The van der Waals surface area contributed by atoms with E-state index >= 15 is 0 Å². The smallest absolute Gasteiger partial charge is 0.0767 e. The molecule has 0 radical (unpaired) electrons. The zero-order valence-electron chi connectivity index (χ0n) is 7.97. The van der Waals surface area contributed by atoms with Crippen LogP contribution in [-0.2, 0) is 4.74 Å². The van der Waals surface area contributed by atoms with Gasteiger partial charge in [0.25, 0.3) is 0 Å². The van der Waals surface area contributed by atoms with Crippen LogP contribution in [0.2, 0.25) is 0 Å². The minimum atomic E-state index is 0.256. The molecule has 0 unspecified atom stereocenters. The lowest BCUT2D eigenvalue weighted by Crippen LogP contribution is -2.43. The summed E-state index contributed by atoms with van der Waals surface area (Å²) in [7, 11) is 1.82. The fourth-order valence-electron chi connectivity index (χ4n) is 2.73. The lowest BCUT2D eigenvalue weighted by Gasteiger charge is -2.31. The molecule has 2 aliphatic heterocycles. The zero-order chi connectivity index (χ0) is 8.77. The third kappa shape index (κ3) is 0.947. The van der Waals surface area contributed by atoms with Crippen LogP contribution in [0.5, 0.6) is 0 Å². The molecule has 2 nitrogen and oxygen atoms in total. The van der Waals surface area contributed by atoms with Crippen molar-refractivity contribution < 1.29 is 4.74 Å². The van der Waals surface area contributed by atoms with E-state index in [9.17, 15) is 0 Å². The van der Waals surface area contributed by atoms with Gasteiger partial charge in [0.2, 0.25) is 0 Å². The Balaban J connectivity index is 2.21. The Morgan fingerprint density at radius 3 is 3.08 bits per heavy atom. The Bertz CT molecular complexity index is 214. The predicted octanol–water partition coefficient (Wildman–Crippen LogP) is 1.43. The van der Waals surface area contributed by atoms with E-state index in [1.807, 2.05) is 7.11 Å². The van der Waals surface area contributed by atoms with Crippen LogP contribution in [0, 0.1) is 0 Å². The average molecular weight is 167 g/mol. The van der Waals surface area contributed by atoms with E-state index in [0.29, 0.717) is 6.10 Å². The van der Waals surface area contributed by atoms with Crippen LogP contribution in [0.25, 0.3) is 0 Å². The Morgan fingerprint density at radius 2 is 2.42 bits per heavy atom. The molecule has 0 amide bonds. The second-order valence-electron chi connectivity index (χ2n) is 4.22. The summed E-state index contributed by atoms with van der Waals surface area (Å²) >= 11 is 0. The van der Waals surface area contributed by atoms with E-state index in [1.165, 1.54) is 18.5 Å². The van der Waals surface area contributed by atoms with Crippen molar-refractivity contribution in [3.8, 4) is 0 Å². The molecule has 0 aromatic rings. The molecule has 0 aromatic carbocycles. The maximum atomic E-state index is 5.49. The van der Waals surface area contributed by atoms with Gasteiger partial charge in [0.1, 0.15) is 0 Å². The highest BCUT2D eigenvalue weighted by Gasteiger charge is 2.49. The van der Waals surface area contributed by atoms with E-state index in [-0.39, 0.29) is 5.54 Å². The van der Waals surface area contributed by atoms with Gasteiger partial charge in [0.05, 0.1) is 6.10 Å². The molecule has 2 aliphatic rings. The highest BCUT2D eigenvalue weighted by atomic mass is 16.5. The topological polar surface area (TPSA) is 12.5 Å². The molecule has 0 saturated carbocycles. The van der Waals surface area contributed by atoms with Crippen LogP contribution < -0.4 is 0 Å². The minimum absolute atomic E-state index is 0.256. The third-order valence-corrected chi connectivity index (χ3v) is 3.38.